The van der Waals surface area contributed by atoms with Gasteiger partial charge in [0.25, 0.3) is 0 Å². The molecule has 1 atom stereocenters. The summed E-state index contributed by atoms with van der Waals surface area (Å²) in [6, 6.07) is 13.8. The van der Waals surface area contributed by atoms with E-state index in [9.17, 15) is 4.79 Å². The van der Waals surface area contributed by atoms with Gasteiger partial charge >= 0.3 is 0 Å². The van der Waals surface area contributed by atoms with E-state index in [-0.39, 0.29) is 18.5 Å². The monoisotopic (exact) mass is 333 g/mol. The molecule has 0 fully saturated rings. The van der Waals surface area contributed by atoms with Crippen LogP contribution in [0.1, 0.15) is 17.3 Å². The molecule has 104 valence electrons. The number of carbonyl (C=O) groups excluding carboxylic acids is 1. The van der Waals surface area contributed by atoms with Gasteiger partial charge in [0, 0.05) is 28.8 Å². The standard InChI is InChI=1S/C15H16BrN3O/c16-12-6-4-11(5-7-12)14(19-10-15(17)20)9-13-3-1-2-8-18-13/h1-8,14,19H,9-10H2,(H2,17,20)/t14-/m1/s1. The molecule has 1 aromatic carbocycles. The first-order chi connectivity index (χ1) is 9.65. The minimum atomic E-state index is -0.367. The molecule has 2 aromatic rings. The fourth-order valence-electron chi connectivity index (χ4n) is 1.95. The molecule has 0 aliphatic carbocycles. The van der Waals surface area contributed by atoms with Crippen LogP contribution >= 0.6 is 15.9 Å². The van der Waals surface area contributed by atoms with E-state index >= 15 is 0 Å². The molecule has 0 radical (unpaired) electrons. The second-order valence-corrected chi connectivity index (χ2v) is 5.39. The number of aromatic nitrogens is 1. The molecule has 0 aliphatic heterocycles. The van der Waals surface area contributed by atoms with Crippen LogP contribution in [0, 0.1) is 0 Å². The third kappa shape index (κ3) is 4.43. The van der Waals surface area contributed by atoms with Gasteiger partial charge in [-0.3, -0.25) is 9.78 Å². The molecule has 0 bridgehead atoms. The van der Waals surface area contributed by atoms with Crippen LogP contribution in [0.25, 0.3) is 0 Å². The van der Waals surface area contributed by atoms with Gasteiger partial charge in [-0.2, -0.15) is 0 Å². The maximum Gasteiger partial charge on any atom is 0.231 e. The molecule has 1 aromatic heterocycles. The van der Waals surface area contributed by atoms with E-state index in [2.05, 4.69) is 26.2 Å². The predicted molar refractivity (Wildman–Crippen MR) is 82.0 cm³/mol. The van der Waals surface area contributed by atoms with Crippen molar-refractivity contribution >= 4 is 21.8 Å². The highest BCUT2D eigenvalue weighted by atomic mass is 79.9. The number of rotatable bonds is 6. The number of amides is 1. The van der Waals surface area contributed by atoms with Crippen LogP contribution in [0.3, 0.4) is 0 Å². The van der Waals surface area contributed by atoms with Crippen molar-refractivity contribution in [1.29, 1.82) is 0 Å². The summed E-state index contributed by atoms with van der Waals surface area (Å²) in [5.74, 6) is -0.367. The number of pyridine rings is 1. The van der Waals surface area contributed by atoms with E-state index < -0.39 is 0 Å². The van der Waals surface area contributed by atoms with Gasteiger partial charge in [-0.15, -0.1) is 0 Å². The van der Waals surface area contributed by atoms with Crippen molar-refractivity contribution in [2.24, 2.45) is 5.73 Å². The van der Waals surface area contributed by atoms with Gasteiger partial charge in [-0.05, 0) is 29.8 Å². The Balaban J connectivity index is 2.15. The summed E-state index contributed by atoms with van der Waals surface area (Å²) in [5.41, 5.74) is 7.28. The van der Waals surface area contributed by atoms with Gasteiger partial charge in [-0.25, -0.2) is 0 Å². The number of hydrogen-bond donors (Lipinski definition) is 2. The molecule has 0 unspecified atom stereocenters. The van der Waals surface area contributed by atoms with Crippen molar-refractivity contribution in [1.82, 2.24) is 10.3 Å². The summed E-state index contributed by atoms with van der Waals surface area (Å²) >= 11 is 3.42. The number of halogens is 1. The first-order valence-electron chi connectivity index (χ1n) is 6.32. The Hall–Kier alpha value is -1.72. The SMILES string of the molecule is NC(=O)CN[C@H](Cc1ccccn1)c1ccc(Br)cc1. The Morgan fingerprint density at radius 2 is 2.00 bits per heavy atom. The number of hydrogen-bond acceptors (Lipinski definition) is 3. The van der Waals surface area contributed by atoms with E-state index in [1.54, 1.807) is 6.20 Å². The van der Waals surface area contributed by atoms with E-state index in [4.69, 9.17) is 5.73 Å². The van der Waals surface area contributed by atoms with Crippen LogP contribution in [-0.2, 0) is 11.2 Å². The van der Waals surface area contributed by atoms with Crippen molar-refractivity contribution in [3.8, 4) is 0 Å². The predicted octanol–water partition coefficient (Wildman–Crippen LogP) is 2.20. The number of primary amides is 1. The van der Waals surface area contributed by atoms with Gasteiger partial charge in [0.1, 0.15) is 0 Å². The second kappa shape index (κ2) is 7.17. The van der Waals surface area contributed by atoms with E-state index in [0.29, 0.717) is 6.42 Å². The van der Waals surface area contributed by atoms with Crippen LogP contribution in [0.4, 0.5) is 0 Å². The van der Waals surface area contributed by atoms with Crippen molar-refractivity contribution in [3.05, 3.63) is 64.4 Å². The fourth-order valence-corrected chi connectivity index (χ4v) is 2.22. The Morgan fingerprint density at radius 1 is 1.25 bits per heavy atom. The Morgan fingerprint density at radius 3 is 2.60 bits per heavy atom. The topological polar surface area (TPSA) is 68.0 Å². The largest absolute Gasteiger partial charge is 0.369 e. The first-order valence-corrected chi connectivity index (χ1v) is 7.11. The smallest absolute Gasteiger partial charge is 0.231 e. The molecular weight excluding hydrogens is 318 g/mol. The third-order valence-corrected chi connectivity index (χ3v) is 3.46. The Labute approximate surface area is 126 Å². The van der Waals surface area contributed by atoms with Crippen LogP contribution in [0.2, 0.25) is 0 Å². The van der Waals surface area contributed by atoms with Gasteiger partial charge < -0.3 is 11.1 Å². The molecule has 0 spiro atoms. The lowest BCUT2D eigenvalue weighted by molar-refractivity contribution is -0.117. The van der Waals surface area contributed by atoms with Crippen LogP contribution < -0.4 is 11.1 Å². The summed E-state index contributed by atoms with van der Waals surface area (Å²) in [5, 5.41) is 3.17. The zero-order chi connectivity index (χ0) is 14.4. The Bertz CT molecular complexity index is 557. The van der Waals surface area contributed by atoms with Crippen molar-refractivity contribution in [2.45, 2.75) is 12.5 Å². The minimum Gasteiger partial charge on any atom is -0.369 e. The highest BCUT2D eigenvalue weighted by molar-refractivity contribution is 9.10. The normalized spacial score (nSPS) is 12.1. The summed E-state index contributed by atoms with van der Waals surface area (Å²) in [4.78, 5) is 15.3. The minimum absolute atomic E-state index is 0.00509. The van der Waals surface area contributed by atoms with Gasteiger partial charge in [0.05, 0.1) is 6.54 Å². The van der Waals surface area contributed by atoms with Crippen LogP contribution in [0.5, 0.6) is 0 Å². The molecule has 20 heavy (non-hydrogen) atoms. The highest BCUT2D eigenvalue weighted by Crippen LogP contribution is 2.20. The van der Waals surface area contributed by atoms with Crippen molar-refractivity contribution in [3.63, 3.8) is 0 Å². The molecule has 4 nitrogen and oxygen atoms in total. The number of benzene rings is 1. The molecule has 0 aliphatic rings. The lowest BCUT2D eigenvalue weighted by Gasteiger charge is -2.18. The Kier molecular flexibility index (Phi) is 5.26. The fraction of sp³-hybridized carbons (Fsp3) is 0.200. The number of nitrogens with zero attached hydrogens (tertiary/aromatic N) is 1. The van der Waals surface area contributed by atoms with Crippen molar-refractivity contribution in [2.75, 3.05) is 6.54 Å². The molecule has 1 heterocycles. The molecule has 0 saturated heterocycles. The molecule has 5 heteroatoms. The average Bonchev–Trinajstić information content (AvgIpc) is 2.45. The summed E-state index contributed by atoms with van der Waals surface area (Å²) in [6.07, 6.45) is 2.47. The first kappa shape index (κ1) is 14.7. The number of nitrogens with one attached hydrogen (secondary N) is 1. The van der Waals surface area contributed by atoms with E-state index in [1.807, 2.05) is 42.5 Å². The van der Waals surface area contributed by atoms with E-state index in [1.165, 1.54) is 0 Å². The molecule has 2 rings (SSSR count). The average molecular weight is 334 g/mol. The van der Waals surface area contributed by atoms with Crippen molar-refractivity contribution < 1.29 is 4.79 Å². The summed E-state index contributed by atoms with van der Waals surface area (Å²) < 4.78 is 1.02. The van der Waals surface area contributed by atoms with Gasteiger partial charge in [0.15, 0.2) is 0 Å². The van der Waals surface area contributed by atoms with E-state index in [0.717, 1.165) is 15.7 Å². The second-order valence-electron chi connectivity index (χ2n) is 4.48. The third-order valence-electron chi connectivity index (χ3n) is 2.93. The quantitative estimate of drug-likeness (QED) is 0.851. The number of nitrogens with two attached hydrogens (primary N) is 1. The number of carbonyl (C=O) groups is 1. The lowest BCUT2D eigenvalue weighted by Crippen LogP contribution is -2.32. The summed E-state index contributed by atoms with van der Waals surface area (Å²) in [7, 11) is 0. The highest BCUT2D eigenvalue weighted by Gasteiger charge is 2.13. The van der Waals surface area contributed by atoms with Gasteiger partial charge in [-0.1, -0.05) is 34.1 Å². The summed E-state index contributed by atoms with van der Waals surface area (Å²) in [6.45, 7) is 0.146. The molecular formula is C15H16BrN3O. The molecule has 0 saturated carbocycles. The lowest BCUT2D eigenvalue weighted by atomic mass is 10.0. The van der Waals surface area contributed by atoms with Crippen LogP contribution in [0.15, 0.2) is 53.1 Å². The molecule has 1 amide bonds. The van der Waals surface area contributed by atoms with Crippen LogP contribution in [-0.4, -0.2) is 17.4 Å². The zero-order valence-corrected chi connectivity index (χ0v) is 12.5. The maximum absolute atomic E-state index is 11.0. The zero-order valence-electron chi connectivity index (χ0n) is 10.9. The molecule has 3 N–H and O–H groups in total. The maximum atomic E-state index is 11.0. The van der Waals surface area contributed by atoms with Gasteiger partial charge in [0.2, 0.25) is 5.91 Å².